The lowest BCUT2D eigenvalue weighted by Crippen LogP contribution is -2.39. The zero-order valence-corrected chi connectivity index (χ0v) is 13.6. The third-order valence-corrected chi connectivity index (χ3v) is 4.27. The Bertz CT molecular complexity index is 796. The molecule has 0 saturated carbocycles. The van der Waals surface area contributed by atoms with Gasteiger partial charge in [0.2, 0.25) is 0 Å². The van der Waals surface area contributed by atoms with E-state index in [2.05, 4.69) is 27.3 Å². The van der Waals surface area contributed by atoms with Gasteiger partial charge < -0.3 is 10.1 Å². The van der Waals surface area contributed by atoms with E-state index in [1.54, 1.807) is 0 Å². The fourth-order valence-electron chi connectivity index (χ4n) is 2.94. The van der Waals surface area contributed by atoms with Crippen molar-refractivity contribution in [1.82, 2.24) is 19.5 Å². The number of aromatic nitrogens is 3. The molecule has 6 nitrogen and oxygen atoms in total. The number of nitrogens with one attached hydrogen (secondary N) is 1. The van der Waals surface area contributed by atoms with Gasteiger partial charge in [0.1, 0.15) is 5.82 Å². The molecule has 1 aliphatic rings. The van der Waals surface area contributed by atoms with Crippen molar-refractivity contribution in [1.29, 1.82) is 0 Å². The zero-order valence-electron chi connectivity index (χ0n) is 13.6. The van der Waals surface area contributed by atoms with Gasteiger partial charge in [-0.05, 0) is 12.1 Å². The van der Waals surface area contributed by atoms with Crippen LogP contribution in [-0.2, 0) is 4.74 Å². The fourth-order valence-corrected chi connectivity index (χ4v) is 2.94. The highest BCUT2D eigenvalue weighted by Crippen LogP contribution is 2.20. The number of ether oxygens (including phenoxy) is 1. The Hall–Kier alpha value is -2.44. The summed E-state index contributed by atoms with van der Waals surface area (Å²) in [6.45, 7) is 5.55. The molecule has 4 rings (SSSR count). The number of anilines is 1. The van der Waals surface area contributed by atoms with Crippen LogP contribution in [0, 0.1) is 0 Å². The second kappa shape index (κ2) is 6.98. The first-order chi connectivity index (χ1) is 11.9. The first-order valence-electron chi connectivity index (χ1n) is 8.34. The van der Waals surface area contributed by atoms with Gasteiger partial charge in [-0.3, -0.25) is 4.90 Å². The van der Waals surface area contributed by atoms with Crippen LogP contribution in [0.25, 0.3) is 16.9 Å². The Labute approximate surface area is 141 Å². The van der Waals surface area contributed by atoms with Crippen molar-refractivity contribution >= 4 is 11.5 Å². The lowest BCUT2D eigenvalue weighted by atomic mass is 10.2. The Balaban J connectivity index is 1.48. The number of fused-ring (bicyclic) bond motifs is 1. The second-order valence-corrected chi connectivity index (χ2v) is 5.88. The maximum Gasteiger partial charge on any atom is 0.154 e. The predicted molar refractivity (Wildman–Crippen MR) is 94.2 cm³/mol. The largest absolute Gasteiger partial charge is 0.379 e. The Morgan fingerprint density at radius 1 is 1.04 bits per heavy atom. The van der Waals surface area contributed by atoms with Crippen LogP contribution in [-0.4, -0.2) is 58.9 Å². The highest BCUT2D eigenvalue weighted by atomic mass is 16.5. The third-order valence-electron chi connectivity index (χ3n) is 4.27. The molecule has 1 saturated heterocycles. The number of nitrogens with zero attached hydrogens (tertiary/aromatic N) is 4. The number of morpholine rings is 1. The van der Waals surface area contributed by atoms with Gasteiger partial charge in [-0.25, -0.2) is 9.50 Å². The average molecular weight is 323 g/mol. The summed E-state index contributed by atoms with van der Waals surface area (Å²) in [6.07, 6.45) is 1.87. The van der Waals surface area contributed by atoms with Crippen LogP contribution in [0.4, 0.5) is 5.82 Å². The minimum atomic E-state index is 0.833. The summed E-state index contributed by atoms with van der Waals surface area (Å²) in [6, 6.07) is 14.2. The average Bonchev–Trinajstić information content (AvgIpc) is 3.07. The van der Waals surface area contributed by atoms with Gasteiger partial charge in [0.15, 0.2) is 5.65 Å². The van der Waals surface area contributed by atoms with Gasteiger partial charge in [-0.2, -0.15) is 0 Å². The third kappa shape index (κ3) is 3.25. The second-order valence-electron chi connectivity index (χ2n) is 5.88. The van der Waals surface area contributed by atoms with Gasteiger partial charge in [0, 0.05) is 31.7 Å². The van der Waals surface area contributed by atoms with Crippen molar-refractivity contribution in [2.45, 2.75) is 0 Å². The van der Waals surface area contributed by atoms with Crippen LogP contribution in [0.2, 0.25) is 0 Å². The molecule has 0 amide bonds. The smallest absolute Gasteiger partial charge is 0.154 e. The van der Waals surface area contributed by atoms with Crippen molar-refractivity contribution in [3.05, 3.63) is 48.7 Å². The van der Waals surface area contributed by atoms with Crippen molar-refractivity contribution < 1.29 is 4.74 Å². The molecule has 6 heteroatoms. The normalized spacial score (nSPS) is 15.7. The molecular formula is C18H21N5O. The topological polar surface area (TPSA) is 54.7 Å². The molecule has 2 aromatic heterocycles. The van der Waals surface area contributed by atoms with Gasteiger partial charge in [0.25, 0.3) is 0 Å². The maximum absolute atomic E-state index is 5.37. The lowest BCUT2D eigenvalue weighted by molar-refractivity contribution is 0.0398. The number of benzene rings is 1. The molecule has 1 aromatic carbocycles. The highest BCUT2D eigenvalue weighted by molar-refractivity contribution is 5.63. The maximum atomic E-state index is 5.37. The summed E-state index contributed by atoms with van der Waals surface area (Å²) < 4.78 is 7.27. The molecule has 0 spiro atoms. The number of imidazole rings is 1. The predicted octanol–water partition coefficient (Wildman–Crippen LogP) is 2.14. The van der Waals surface area contributed by atoms with Crippen LogP contribution in [0.1, 0.15) is 0 Å². The van der Waals surface area contributed by atoms with Crippen molar-refractivity contribution in [3.8, 4) is 11.3 Å². The molecule has 0 unspecified atom stereocenters. The number of hydrogen-bond acceptors (Lipinski definition) is 5. The van der Waals surface area contributed by atoms with Crippen molar-refractivity contribution in [2.24, 2.45) is 0 Å². The molecule has 0 aliphatic carbocycles. The molecule has 1 fully saturated rings. The molecule has 1 N–H and O–H groups in total. The molecule has 3 aromatic rings. The van der Waals surface area contributed by atoms with E-state index in [1.165, 1.54) is 0 Å². The molecule has 0 radical (unpaired) electrons. The lowest BCUT2D eigenvalue weighted by Gasteiger charge is -2.26. The summed E-state index contributed by atoms with van der Waals surface area (Å²) in [7, 11) is 0. The molecule has 1 aliphatic heterocycles. The Morgan fingerprint density at radius 3 is 2.71 bits per heavy atom. The molecular weight excluding hydrogens is 302 g/mol. The monoisotopic (exact) mass is 323 g/mol. The zero-order chi connectivity index (χ0) is 16.2. The van der Waals surface area contributed by atoms with E-state index in [4.69, 9.17) is 9.84 Å². The first kappa shape index (κ1) is 15.1. The summed E-state index contributed by atoms with van der Waals surface area (Å²) >= 11 is 0. The fraction of sp³-hybridized carbons (Fsp3) is 0.333. The van der Waals surface area contributed by atoms with Crippen LogP contribution < -0.4 is 5.32 Å². The summed E-state index contributed by atoms with van der Waals surface area (Å²) in [5, 5.41) is 8.10. The molecule has 3 heterocycles. The van der Waals surface area contributed by atoms with E-state index >= 15 is 0 Å². The Morgan fingerprint density at radius 2 is 1.88 bits per heavy atom. The van der Waals surface area contributed by atoms with Crippen molar-refractivity contribution in [3.63, 3.8) is 0 Å². The number of rotatable bonds is 5. The van der Waals surface area contributed by atoms with Gasteiger partial charge >= 0.3 is 0 Å². The van der Waals surface area contributed by atoms with Crippen LogP contribution >= 0.6 is 0 Å². The van der Waals surface area contributed by atoms with E-state index in [0.717, 1.165) is 62.1 Å². The van der Waals surface area contributed by atoms with E-state index in [0.29, 0.717) is 0 Å². The van der Waals surface area contributed by atoms with E-state index < -0.39 is 0 Å². The standard InChI is InChI=1S/C18H21N5O/c1-2-4-15(5-3-1)16-14-20-18-7-6-17(21-23(16)18)19-8-9-22-10-12-24-13-11-22/h1-7,14H,8-13H2,(H,19,21). The molecule has 0 atom stereocenters. The van der Waals surface area contributed by atoms with Crippen molar-refractivity contribution in [2.75, 3.05) is 44.7 Å². The van der Waals surface area contributed by atoms with Gasteiger partial charge in [-0.1, -0.05) is 30.3 Å². The Kier molecular flexibility index (Phi) is 4.40. The van der Waals surface area contributed by atoms with Crippen LogP contribution in [0.3, 0.4) is 0 Å². The first-order valence-corrected chi connectivity index (χ1v) is 8.34. The van der Waals surface area contributed by atoms with Gasteiger partial charge in [-0.15, -0.1) is 5.10 Å². The SMILES string of the molecule is c1ccc(-c2cnc3ccc(NCCN4CCOCC4)nn23)cc1. The molecule has 0 bridgehead atoms. The molecule has 24 heavy (non-hydrogen) atoms. The molecule has 124 valence electrons. The van der Waals surface area contributed by atoms with Crippen LogP contribution in [0.5, 0.6) is 0 Å². The quantitative estimate of drug-likeness (QED) is 0.780. The van der Waals surface area contributed by atoms with Gasteiger partial charge in [0.05, 0.1) is 25.1 Å². The van der Waals surface area contributed by atoms with E-state index in [1.807, 2.05) is 41.0 Å². The number of hydrogen-bond donors (Lipinski definition) is 1. The summed E-state index contributed by atoms with van der Waals surface area (Å²) in [4.78, 5) is 6.84. The highest BCUT2D eigenvalue weighted by Gasteiger charge is 2.10. The minimum absolute atomic E-state index is 0.833. The summed E-state index contributed by atoms with van der Waals surface area (Å²) in [5.41, 5.74) is 2.97. The summed E-state index contributed by atoms with van der Waals surface area (Å²) in [5.74, 6) is 0.867. The minimum Gasteiger partial charge on any atom is -0.379 e. The van der Waals surface area contributed by atoms with E-state index in [-0.39, 0.29) is 0 Å². The van der Waals surface area contributed by atoms with E-state index in [9.17, 15) is 0 Å². The van der Waals surface area contributed by atoms with Crippen LogP contribution in [0.15, 0.2) is 48.7 Å².